The highest BCUT2D eigenvalue weighted by Gasteiger charge is 2.18. The van der Waals surface area contributed by atoms with Gasteiger partial charge in [-0.05, 0) is 36.8 Å². The zero-order valence-electron chi connectivity index (χ0n) is 10.5. The Morgan fingerprint density at radius 3 is 2.40 bits per heavy atom. The van der Waals surface area contributed by atoms with E-state index in [2.05, 4.69) is 4.72 Å². The molecule has 0 aliphatic rings. The van der Waals surface area contributed by atoms with Crippen LogP contribution in [0.4, 0.5) is 20.2 Å². The molecule has 2 aromatic carbocycles. The second kappa shape index (κ2) is 5.09. The lowest BCUT2D eigenvalue weighted by Gasteiger charge is -2.13. The molecule has 0 saturated carbocycles. The number of rotatable bonds is 3. The van der Waals surface area contributed by atoms with Crippen molar-refractivity contribution in [3.8, 4) is 0 Å². The number of para-hydroxylation sites is 1. The molecule has 0 bridgehead atoms. The van der Waals surface area contributed by atoms with Crippen LogP contribution in [0.25, 0.3) is 0 Å². The van der Waals surface area contributed by atoms with E-state index in [1.54, 1.807) is 19.1 Å². The number of halogens is 2. The minimum Gasteiger partial charge on any atom is -0.397 e. The maximum absolute atomic E-state index is 13.1. The van der Waals surface area contributed by atoms with E-state index in [9.17, 15) is 17.2 Å². The van der Waals surface area contributed by atoms with Crippen molar-refractivity contribution >= 4 is 21.4 Å². The standard InChI is InChI=1S/C13H12F2N2O2S/c1-8-3-2-4-12(16)13(8)17-20(18,19)9-5-6-10(14)11(15)7-9/h2-7,17H,16H2,1H3. The zero-order valence-corrected chi connectivity index (χ0v) is 11.3. The van der Waals surface area contributed by atoms with Gasteiger partial charge in [0.15, 0.2) is 11.6 Å². The van der Waals surface area contributed by atoms with E-state index < -0.39 is 21.7 Å². The summed E-state index contributed by atoms with van der Waals surface area (Å²) in [6, 6.07) is 7.25. The lowest BCUT2D eigenvalue weighted by atomic mass is 10.2. The summed E-state index contributed by atoms with van der Waals surface area (Å²) in [7, 11) is -4.03. The van der Waals surface area contributed by atoms with Crippen LogP contribution in [0.2, 0.25) is 0 Å². The van der Waals surface area contributed by atoms with Crippen LogP contribution in [0.15, 0.2) is 41.3 Å². The smallest absolute Gasteiger partial charge is 0.262 e. The van der Waals surface area contributed by atoms with E-state index in [0.717, 1.165) is 12.1 Å². The van der Waals surface area contributed by atoms with Gasteiger partial charge in [-0.15, -0.1) is 0 Å². The van der Waals surface area contributed by atoms with Gasteiger partial charge in [-0.1, -0.05) is 12.1 Å². The Hall–Kier alpha value is -2.15. The number of aryl methyl sites for hydroxylation is 1. The second-order valence-electron chi connectivity index (χ2n) is 4.22. The van der Waals surface area contributed by atoms with Gasteiger partial charge in [-0.25, -0.2) is 17.2 Å². The summed E-state index contributed by atoms with van der Waals surface area (Å²) in [6.07, 6.45) is 0. The van der Waals surface area contributed by atoms with Crippen LogP contribution < -0.4 is 10.5 Å². The van der Waals surface area contributed by atoms with Crippen LogP contribution >= 0.6 is 0 Å². The van der Waals surface area contributed by atoms with Crippen LogP contribution in [-0.2, 0) is 10.0 Å². The third kappa shape index (κ3) is 2.72. The van der Waals surface area contributed by atoms with Crippen molar-refractivity contribution in [2.75, 3.05) is 10.5 Å². The van der Waals surface area contributed by atoms with Crippen LogP contribution in [0.3, 0.4) is 0 Å². The number of nitrogen functional groups attached to an aromatic ring is 1. The molecular formula is C13H12F2N2O2S. The van der Waals surface area contributed by atoms with E-state index >= 15 is 0 Å². The fourth-order valence-electron chi connectivity index (χ4n) is 1.67. The maximum Gasteiger partial charge on any atom is 0.262 e. The van der Waals surface area contributed by atoms with Crippen molar-refractivity contribution in [1.29, 1.82) is 0 Å². The third-order valence-corrected chi connectivity index (χ3v) is 4.09. The molecule has 0 saturated heterocycles. The Balaban J connectivity index is 2.43. The average Bonchev–Trinajstić information content (AvgIpc) is 2.37. The number of benzene rings is 2. The molecule has 0 atom stereocenters. The number of anilines is 2. The Kier molecular flexibility index (Phi) is 3.63. The zero-order chi connectivity index (χ0) is 14.9. The van der Waals surface area contributed by atoms with Gasteiger partial charge in [0.05, 0.1) is 16.3 Å². The summed E-state index contributed by atoms with van der Waals surface area (Å²) in [5, 5.41) is 0. The second-order valence-corrected chi connectivity index (χ2v) is 5.90. The molecule has 2 aromatic rings. The summed E-state index contributed by atoms with van der Waals surface area (Å²) in [5.74, 6) is -2.34. The van der Waals surface area contributed by atoms with E-state index in [4.69, 9.17) is 5.73 Å². The topological polar surface area (TPSA) is 72.2 Å². The van der Waals surface area contributed by atoms with Gasteiger partial charge in [0, 0.05) is 0 Å². The minimum atomic E-state index is -4.03. The first-order chi connectivity index (χ1) is 9.31. The van der Waals surface area contributed by atoms with Crippen molar-refractivity contribution in [2.24, 2.45) is 0 Å². The normalized spacial score (nSPS) is 11.3. The van der Waals surface area contributed by atoms with Crippen LogP contribution in [0.1, 0.15) is 5.56 Å². The molecule has 0 aromatic heterocycles. The summed E-state index contributed by atoms with van der Waals surface area (Å²) in [5.41, 5.74) is 6.79. The van der Waals surface area contributed by atoms with Crippen LogP contribution in [0.5, 0.6) is 0 Å². The molecule has 0 radical (unpaired) electrons. The summed E-state index contributed by atoms with van der Waals surface area (Å²) >= 11 is 0. The first-order valence-electron chi connectivity index (χ1n) is 5.64. The molecule has 0 heterocycles. The molecule has 20 heavy (non-hydrogen) atoms. The van der Waals surface area contributed by atoms with Crippen LogP contribution in [-0.4, -0.2) is 8.42 Å². The van der Waals surface area contributed by atoms with E-state index in [1.165, 1.54) is 6.07 Å². The molecule has 7 heteroatoms. The number of nitrogens with one attached hydrogen (secondary N) is 1. The van der Waals surface area contributed by atoms with Gasteiger partial charge in [0.25, 0.3) is 10.0 Å². The fraction of sp³-hybridized carbons (Fsp3) is 0.0769. The Labute approximate surface area is 115 Å². The van der Waals surface area contributed by atoms with Crippen LogP contribution in [0, 0.1) is 18.6 Å². The fourth-order valence-corrected chi connectivity index (χ4v) is 2.84. The first-order valence-corrected chi connectivity index (χ1v) is 7.12. The lowest BCUT2D eigenvalue weighted by Crippen LogP contribution is -2.15. The number of sulfonamides is 1. The highest BCUT2D eigenvalue weighted by atomic mass is 32.2. The van der Waals surface area contributed by atoms with E-state index in [0.29, 0.717) is 11.6 Å². The van der Waals surface area contributed by atoms with Gasteiger partial charge >= 0.3 is 0 Å². The van der Waals surface area contributed by atoms with Gasteiger partial charge in [-0.3, -0.25) is 4.72 Å². The van der Waals surface area contributed by atoms with Crippen molar-refractivity contribution in [3.63, 3.8) is 0 Å². The Morgan fingerprint density at radius 2 is 1.80 bits per heavy atom. The van der Waals surface area contributed by atoms with Crippen molar-refractivity contribution in [2.45, 2.75) is 11.8 Å². The third-order valence-electron chi connectivity index (χ3n) is 2.74. The molecule has 0 unspecified atom stereocenters. The quantitative estimate of drug-likeness (QED) is 0.856. The van der Waals surface area contributed by atoms with Crippen molar-refractivity contribution in [3.05, 3.63) is 53.6 Å². The number of nitrogens with two attached hydrogens (primary N) is 1. The molecule has 0 aliphatic heterocycles. The molecule has 2 rings (SSSR count). The number of hydrogen-bond donors (Lipinski definition) is 2. The average molecular weight is 298 g/mol. The monoisotopic (exact) mass is 298 g/mol. The molecule has 106 valence electrons. The summed E-state index contributed by atoms with van der Waals surface area (Å²) < 4.78 is 52.5. The summed E-state index contributed by atoms with van der Waals surface area (Å²) in [4.78, 5) is -0.376. The van der Waals surface area contributed by atoms with Crippen molar-refractivity contribution in [1.82, 2.24) is 0 Å². The van der Waals surface area contributed by atoms with Gasteiger partial charge < -0.3 is 5.73 Å². The largest absolute Gasteiger partial charge is 0.397 e. The molecule has 0 aliphatic carbocycles. The molecule has 0 amide bonds. The SMILES string of the molecule is Cc1cccc(N)c1NS(=O)(=O)c1ccc(F)c(F)c1. The predicted octanol–water partition coefficient (Wildman–Crippen LogP) is 2.66. The highest BCUT2D eigenvalue weighted by molar-refractivity contribution is 7.92. The summed E-state index contributed by atoms with van der Waals surface area (Å²) in [6.45, 7) is 1.68. The molecule has 0 spiro atoms. The Bertz CT molecular complexity index is 741. The maximum atomic E-state index is 13.1. The molecule has 0 fully saturated rings. The predicted molar refractivity (Wildman–Crippen MR) is 72.8 cm³/mol. The first kappa shape index (κ1) is 14.3. The Morgan fingerprint density at radius 1 is 1.10 bits per heavy atom. The lowest BCUT2D eigenvalue weighted by molar-refractivity contribution is 0.504. The molecule has 3 N–H and O–H groups in total. The molecule has 4 nitrogen and oxygen atoms in total. The van der Waals surface area contributed by atoms with Crippen molar-refractivity contribution < 1.29 is 17.2 Å². The minimum absolute atomic E-state index is 0.220. The van der Waals surface area contributed by atoms with Gasteiger partial charge in [-0.2, -0.15) is 0 Å². The van der Waals surface area contributed by atoms with Gasteiger partial charge in [0.2, 0.25) is 0 Å². The van der Waals surface area contributed by atoms with E-state index in [1.807, 2.05) is 0 Å². The van der Waals surface area contributed by atoms with E-state index in [-0.39, 0.29) is 16.3 Å². The van der Waals surface area contributed by atoms with Gasteiger partial charge in [0.1, 0.15) is 0 Å². The number of hydrogen-bond acceptors (Lipinski definition) is 3. The highest BCUT2D eigenvalue weighted by Crippen LogP contribution is 2.26. The molecular weight excluding hydrogens is 286 g/mol.